The number of imidazole rings is 1. The summed E-state index contributed by atoms with van der Waals surface area (Å²) in [5.41, 5.74) is 3.42. The Morgan fingerprint density at radius 2 is 1.68 bits per heavy atom. The molecule has 0 spiro atoms. The van der Waals surface area contributed by atoms with Gasteiger partial charge in [0.2, 0.25) is 0 Å². The number of rotatable bonds is 6. The van der Waals surface area contributed by atoms with E-state index in [4.69, 9.17) is 16.0 Å². The largest absolute Gasteiger partial charge is 0.440 e. The van der Waals surface area contributed by atoms with Crippen LogP contribution in [0.25, 0.3) is 39.4 Å². The highest BCUT2D eigenvalue weighted by Gasteiger charge is 2.23. The quantitative estimate of drug-likeness (QED) is 0.241. The Bertz CT molecular complexity index is 1900. The lowest BCUT2D eigenvalue weighted by molar-refractivity contribution is 0.272. The highest BCUT2D eigenvalue weighted by atomic mass is 35.5. The molecule has 2 heterocycles. The Morgan fingerprint density at radius 1 is 0.950 bits per heavy atom. The maximum absolute atomic E-state index is 15.0. The minimum absolute atomic E-state index is 0.0830. The molecule has 0 unspecified atom stereocenters. The molecule has 3 aromatic carbocycles. The summed E-state index contributed by atoms with van der Waals surface area (Å²) in [7, 11) is -3.84. The van der Waals surface area contributed by atoms with E-state index in [9.17, 15) is 17.9 Å². The summed E-state index contributed by atoms with van der Waals surface area (Å²) < 4.78 is 61.6. The fraction of sp³-hybridized carbons (Fsp3) is 0.172. The molecule has 5 aromatic rings. The number of aryl methyl sites for hydroxylation is 3. The molecule has 206 valence electrons. The van der Waals surface area contributed by atoms with E-state index in [1.807, 2.05) is 24.6 Å². The maximum atomic E-state index is 15.0. The summed E-state index contributed by atoms with van der Waals surface area (Å²) >= 11 is 6.06. The van der Waals surface area contributed by atoms with E-state index in [2.05, 4.69) is 9.97 Å². The van der Waals surface area contributed by atoms with Crippen LogP contribution in [0, 0.1) is 32.4 Å². The predicted octanol–water partition coefficient (Wildman–Crippen LogP) is 6.61. The Balaban J connectivity index is 1.80. The van der Waals surface area contributed by atoms with E-state index in [-0.39, 0.29) is 21.0 Å². The van der Waals surface area contributed by atoms with Crippen molar-refractivity contribution in [1.82, 2.24) is 14.5 Å². The molecule has 0 amide bonds. The van der Waals surface area contributed by atoms with Crippen molar-refractivity contribution in [3.05, 3.63) is 94.4 Å². The van der Waals surface area contributed by atoms with Gasteiger partial charge in [-0.15, -0.1) is 0 Å². The molecule has 7 nitrogen and oxygen atoms in total. The number of benzene rings is 3. The van der Waals surface area contributed by atoms with E-state index < -0.39 is 28.1 Å². The van der Waals surface area contributed by atoms with Crippen molar-refractivity contribution in [2.45, 2.75) is 32.3 Å². The first-order valence-electron chi connectivity index (χ1n) is 12.1. The predicted molar refractivity (Wildman–Crippen MR) is 148 cm³/mol. The van der Waals surface area contributed by atoms with Gasteiger partial charge in [-0.25, -0.2) is 27.2 Å². The number of halogens is 3. The fourth-order valence-corrected chi connectivity index (χ4v) is 5.81. The van der Waals surface area contributed by atoms with Gasteiger partial charge >= 0.3 is 0 Å². The molecule has 0 atom stereocenters. The van der Waals surface area contributed by atoms with Crippen LogP contribution in [0.1, 0.15) is 23.0 Å². The van der Waals surface area contributed by atoms with Gasteiger partial charge in [-0.2, -0.15) is 0 Å². The molecule has 0 saturated heterocycles. The minimum atomic E-state index is -3.84. The average molecular weight is 584 g/mol. The number of aliphatic hydroxyl groups is 1. The summed E-state index contributed by atoms with van der Waals surface area (Å²) in [6.45, 7) is 4.62. The maximum Gasteiger partial charge on any atom is 0.192 e. The van der Waals surface area contributed by atoms with Gasteiger partial charge in [-0.1, -0.05) is 17.7 Å². The zero-order chi connectivity index (χ0) is 28.9. The van der Waals surface area contributed by atoms with Crippen LogP contribution in [0.3, 0.4) is 0 Å². The average Bonchev–Trinajstić information content (AvgIpc) is 3.45. The molecule has 1 N–H and O–H groups in total. The van der Waals surface area contributed by atoms with Gasteiger partial charge in [0.1, 0.15) is 23.2 Å². The number of hydrogen-bond acceptors (Lipinski definition) is 6. The summed E-state index contributed by atoms with van der Waals surface area (Å²) in [5.74, 6) is -0.0312. The molecule has 2 aromatic heterocycles. The van der Waals surface area contributed by atoms with Crippen molar-refractivity contribution >= 4 is 21.4 Å². The number of oxazole rings is 1. The second-order valence-corrected chi connectivity index (χ2v) is 11.8. The van der Waals surface area contributed by atoms with Crippen LogP contribution in [0.15, 0.2) is 64.0 Å². The fourth-order valence-electron chi connectivity index (χ4n) is 4.68. The lowest BCUT2D eigenvalue weighted by Crippen LogP contribution is -2.06. The molecule has 0 radical (unpaired) electrons. The second-order valence-electron chi connectivity index (χ2n) is 9.44. The molecule has 0 aliphatic heterocycles. The van der Waals surface area contributed by atoms with Gasteiger partial charge in [0.05, 0.1) is 27.9 Å². The number of nitrogens with zero attached hydrogens (tertiary/aromatic N) is 3. The molecule has 5 rings (SSSR count). The van der Waals surface area contributed by atoms with Crippen molar-refractivity contribution in [1.29, 1.82) is 0 Å². The van der Waals surface area contributed by atoms with Gasteiger partial charge in [-0.3, -0.25) is 0 Å². The van der Waals surface area contributed by atoms with Crippen LogP contribution in [0.4, 0.5) is 8.78 Å². The molecule has 40 heavy (non-hydrogen) atoms. The van der Waals surface area contributed by atoms with Gasteiger partial charge in [0.25, 0.3) is 0 Å². The highest BCUT2D eigenvalue weighted by molar-refractivity contribution is 7.90. The number of aliphatic hydroxyl groups excluding tert-OH is 1. The third kappa shape index (κ3) is 5.05. The molecule has 0 bridgehead atoms. The highest BCUT2D eigenvalue weighted by Crippen LogP contribution is 2.40. The van der Waals surface area contributed by atoms with E-state index in [0.29, 0.717) is 45.5 Å². The first-order chi connectivity index (χ1) is 18.9. The molecule has 0 saturated carbocycles. The molecule has 0 aliphatic carbocycles. The van der Waals surface area contributed by atoms with Crippen LogP contribution in [0.2, 0.25) is 5.02 Å². The Labute approximate surface area is 234 Å². The summed E-state index contributed by atoms with van der Waals surface area (Å²) in [5, 5.41) is 9.54. The summed E-state index contributed by atoms with van der Waals surface area (Å²) in [6.07, 6.45) is 2.81. The Hall–Kier alpha value is -3.86. The molecular formula is C29H24ClF2N3O4S. The Kier molecular flexibility index (Phi) is 7.11. The summed E-state index contributed by atoms with van der Waals surface area (Å²) in [6, 6.07) is 12.0. The standard InChI is InChI=1S/C29H24ClF2N3O4S/c1-15-13-35(16(2)33-15)26-8-6-18(20-11-25(32)22(14-36)27(12-20)40(4,37)38)9-21(26)28-29(39-17(3)34-28)19-5-7-24(31)23(30)10-19/h5-13,36H,14H2,1-4H3. The van der Waals surface area contributed by atoms with E-state index in [1.165, 1.54) is 30.3 Å². The van der Waals surface area contributed by atoms with Crippen LogP contribution < -0.4 is 0 Å². The molecule has 11 heteroatoms. The second kappa shape index (κ2) is 10.3. The van der Waals surface area contributed by atoms with Crippen LogP contribution in [0.5, 0.6) is 0 Å². The zero-order valence-electron chi connectivity index (χ0n) is 22.0. The number of hydrogen-bond donors (Lipinski definition) is 1. The first-order valence-corrected chi connectivity index (χ1v) is 14.4. The number of aromatic nitrogens is 3. The number of sulfone groups is 1. The summed E-state index contributed by atoms with van der Waals surface area (Å²) in [4.78, 5) is 8.83. The third-order valence-corrected chi connectivity index (χ3v) is 7.93. The lowest BCUT2D eigenvalue weighted by Gasteiger charge is -2.15. The van der Waals surface area contributed by atoms with Crippen molar-refractivity contribution in [3.63, 3.8) is 0 Å². The zero-order valence-corrected chi connectivity index (χ0v) is 23.5. The van der Waals surface area contributed by atoms with Crippen molar-refractivity contribution in [3.8, 4) is 39.4 Å². The van der Waals surface area contributed by atoms with Gasteiger partial charge in [0.15, 0.2) is 21.5 Å². The van der Waals surface area contributed by atoms with Gasteiger partial charge in [0, 0.05) is 36.1 Å². The molecule has 0 aliphatic rings. The normalized spacial score (nSPS) is 11.8. The topological polar surface area (TPSA) is 98.2 Å². The smallest absolute Gasteiger partial charge is 0.192 e. The lowest BCUT2D eigenvalue weighted by atomic mass is 9.97. The molecule has 0 fully saturated rings. The first kappa shape index (κ1) is 27.7. The van der Waals surface area contributed by atoms with Gasteiger partial charge < -0.3 is 14.1 Å². The van der Waals surface area contributed by atoms with Crippen molar-refractivity contribution in [2.24, 2.45) is 0 Å². The Morgan fingerprint density at radius 3 is 2.30 bits per heavy atom. The van der Waals surface area contributed by atoms with Crippen LogP contribution in [-0.2, 0) is 16.4 Å². The third-order valence-electron chi connectivity index (χ3n) is 6.48. The van der Waals surface area contributed by atoms with Crippen molar-refractivity contribution in [2.75, 3.05) is 6.26 Å². The molecular weight excluding hydrogens is 560 g/mol. The van der Waals surface area contributed by atoms with E-state index >= 15 is 4.39 Å². The minimum Gasteiger partial charge on any atom is -0.440 e. The van der Waals surface area contributed by atoms with Crippen molar-refractivity contribution < 1.29 is 26.7 Å². The monoisotopic (exact) mass is 583 g/mol. The van der Waals surface area contributed by atoms with Crippen LogP contribution >= 0.6 is 11.6 Å². The van der Waals surface area contributed by atoms with Crippen LogP contribution in [-0.4, -0.2) is 34.3 Å². The van der Waals surface area contributed by atoms with E-state index in [0.717, 1.165) is 11.9 Å². The SMILES string of the molecule is Cc1cn(-c2ccc(-c3cc(F)c(CO)c(S(C)(=O)=O)c3)cc2-c2nc(C)oc2-c2ccc(F)c(Cl)c2)c(C)n1. The van der Waals surface area contributed by atoms with E-state index in [1.54, 1.807) is 25.1 Å². The van der Waals surface area contributed by atoms with Gasteiger partial charge in [-0.05, 0) is 67.4 Å².